The first-order valence-electron chi connectivity index (χ1n) is 10.3. The zero-order valence-electron chi connectivity index (χ0n) is 18.4. The van der Waals surface area contributed by atoms with E-state index in [2.05, 4.69) is 15.0 Å². The normalized spacial score (nSPS) is 11.5. The van der Waals surface area contributed by atoms with Crippen molar-refractivity contribution in [2.24, 2.45) is 0 Å². The lowest BCUT2D eigenvalue weighted by molar-refractivity contribution is -0.274. The summed E-state index contributed by atoms with van der Waals surface area (Å²) in [7, 11) is 0. The van der Waals surface area contributed by atoms with Gasteiger partial charge in [-0.1, -0.05) is 47.5 Å². The Balaban J connectivity index is 1.76. The molecule has 4 rings (SSSR count). The summed E-state index contributed by atoms with van der Waals surface area (Å²) in [6, 6.07) is 11.1. The number of amides is 1. The highest BCUT2D eigenvalue weighted by Gasteiger charge is 2.32. The Morgan fingerprint density at radius 2 is 1.81 bits per heavy atom. The zero-order chi connectivity index (χ0) is 26.2. The molecule has 36 heavy (non-hydrogen) atoms. The van der Waals surface area contributed by atoms with Crippen LogP contribution < -0.4 is 15.6 Å². The van der Waals surface area contributed by atoms with Gasteiger partial charge in [-0.3, -0.25) is 14.2 Å². The number of aromatic hydroxyl groups is 1. The summed E-state index contributed by atoms with van der Waals surface area (Å²) in [6.07, 6.45) is -3.70. The molecule has 0 saturated carbocycles. The number of benzene rings is 3. The standard InChI is InChI=1S/C24H16Cl2F3N3O4/c1-12-6-7-17-19(20(12)31-22(34)14-8-15(25)21(33)16(26)9-14)23(35)32(11-30-17)10-13-4-2-3-5-18(13)36-24(27,28)29/h2-9,11,33H,10H2,1H3,(H,31,34). The van der Waals surface area contributed by atoms with Crippen LogP contribution in [0.5, 0.6) is 11.5 Å². The van der Waals surface area contributed by atoms with Gasteiger partial charge in [-0.25, -0.2) is 4.98 Å². The van der Waals surface area contributed by atoms with Crippen molar-refractivity contribution in [2.45, 2.75) is 19.8 Å². The Morgan fingerprint density at radius 1 is 1.14 bits per heavy atom. The van der Waals surface area contributed by atoms with E-state index in [0.29, 0.717) is 5.56 Å². The second-order valence-electron chi connectivity index (χ2n) is 7.73. The van der Waals surface area contributed by atoms with E-state index >= 15 is 0 Å². The van der Waals surface area contributed by atoms with Crippen molar-refractivity contribution in [2.75, 3.05) is 5.32 Å². The SMILES string of the molecule is Cc1ccc2ncn(Cc3ccccc3OC(F)(F)F)c(=O)c2c1NC(=O)c1cc(Cl)c(O)c(Cl)c1. The first-order valence-corrected chi connectivity index (χ1v) is 11.0. The molecule has 0 spiro atoms. The number of anilines is 1. The summed E-state index contributed by atoms with van der Waals surface area (Å²) in [5, 5.41) is 12.2. The van der Waals surface area contributed by atoms with E-state index in [1.807, 2.05) is 0 Å². The minimum atomic E-state index is -4.91. The number of hydrogen-bond acceptors (Lipinski definition) is 5. The fraction of sp³-hybridized carbons (Fsp3) is 0.125. The van der Waals surface area contributed by atoms with Crippen molar-refractivity contribution in [1.29, 1.82) is 0 Å². The highest BCUT2D eigenvalue weighted by molar-refractivity contribution is 6.37. The number of alkyl halides is 3. The van der Waals surface area contributed by atoms with E-state index in [1.165, 1.54) is 36.7 Å². The molecule has 0 fully saturated rings. The van der Waals surface area contributed by atoms with Crippen LogP contribution in [0.25, 0.3) is 10.9 Å². The lowest BCUT2D eigenvalue weighted by Crippen LogP contribution is -2.24. The Labute approximate surface area is 211 Å². The van der Waals surface area contributed by atoms with Gasteiger partial charge in [-0.15, -0.1) is 13.2 Å². The molecule has 0 aliphatic rings. The van der Waals surface area contributed by atoms with Crippen LogP contribution in [0.1, 0.15) is 21.5 Å². The maximum absolute atomic E-state index is 13.4. The highest BCUT2D eigenvalue weighted by atomic mass is 35.5. The largest absolute Gasteiger partial charge is 0.573 e. The minimum Gasteiger partial charge on any atom is -0.505 e. The third-order valence-corrected chi connectivity index (χ3v) is 5.84. The number of rotatable bonds is 5. The second kappa shape index (κ2) is 9.71. The molecule has 1 aromatic heterocycles. The van der Waals surface area contributed by atoms with Crippen molar-refractivity contribution in [3.63, 3.8) is 0 Å². The molecule has 1 amide bonds. The average Bonchev–Trinajstić information content (AvgIpc) is 2.80. The number of para-hydroxylation sites is 1. The highest BCUT2D eigenvalue weighted by Crippen LogP contribution is 2.33. The van der Waals surface area contributed by atoms with Gasteiger partial charge in [-0.2, -0.15) is 0 Å². The maximum atomic E-state index is 13.4. The topological polar surface area (TPSA) is 93.5 Å². The van der Waals surface area contributed by atoms with Gasteiger partial charge in [0.25, 0.3) is 11.5 Å². The molecule has 0 radical (unpaired) electrons. The number of nitrogens with zero attached hydrogens (tertiary/aromatic N) is 2. The number of hydrogen-bond donors (Lipinski definition) is 2. The van der Waals surface area contributed by atoms with E-state index in [0.717, 1.165) is 10.6 Å². The average molecular weight is 538 g/mol. The molecule has 4 aromatic rings. The van der Waals surface area contributed by atoms with E-state index in [-0.39, 0.29) is 50.1 Å². The summed E-state index contributed by atoms with van der Waals surface area (Å²) < 4.78 is 43.6. The lowest BCUT2D eigenvalue weighted by Gasteiger charge is -2.16. The summed E-state index contributed by atoms with van der Waals surface area (Å²) in [6.45, 7) is 1.40. The summed E-state index contributed by atoms with van der Waals surface area (Å²) in [5.41, 5.74) is 0.487. The smallest absolute Gasteiger partial charge is 0.505 e. The predicted molar refractivity (Wildman–Crippen MR) is 129 cm³/mol. The van der Waals surface area contributed by atoms with Gasteiger partial charge in [0.05, 0.1) is 39.5 Å². The van der Waals surface area contributed by atoms with Crippen LogP contribution in [0.3, 0.4) is 0 Å². The van der Waals surface area contributed by atoms with Crippen molar-refractivity contribution < 1.29 is 27.8 Å². The number of carbonyl (C=O) groups is 1. The molecule has 7 nitrogen and oxygen atoms in total. The van der Waals surface area contributed by atoms with Crippen molar-refractivity contribution in [3.05, 3.63) is 91.9 Å². The molecule has 0 unspecified atom stereocenters. The van der Waals surface area contributed by atoms with Crippen LogP contribution in [0.15, 0.2) is 59.7 Å². The summed E-state index contributed by atoms with van der Waals surface area (Å²) >= 11 is 11.8. The fourth-order valence-corrected chi connectivity index (χ4v) is 4.03. The molecule has 186 valence electrons. The summed E-state index contributed by atoms with van der Waals surface area (Å²) in [5.74, 6) is -1.48. The Morgan fingerprint density at radius 3 is 2.47 bits per heavy atom. The Hall–Kier alpha value is -3.76. The van der Waals surface area contributed by atoms with E-state index in [4.69, 9.17) is 23.2 Å². The molecular weight excluding hydrogens is 522 g/mol. The number of aryl methyl sites for hydroxylation is 1. The molecule has 0 bridgehead atoms. The number of nitrogens with one attached hydrogen (secondary N) is 1. The molecule has 0 aliphatic carbocycles. The van der Waals surface area contributed by atoms with Crippen molar-refractivity contribution >= 4 is 45.7 Å². The monoisotopic (exact) mass is 537 g/mol. The van der Waals surface area contributed by atoms with Gasteiger partial charge in [0, 0.05) is 11.1 Å². The first-order chi connectivity index (χ1) is 16.9. The van der Waals surface area contributed by atoms with Crippen LogP contribution >= 0.6 is 23.2 Å². The molecule has 12 heteroatoms. The van der Waals surface area contributed by atoms with E-state index in [1.54, 1.807) is 19.1 Å². The van der Waals surface area contributed by atoms with E-state index < -0.39 is 23.6 Å². The van der Waals surface area contributed by atoms with Gasteiger partial charge in [-0.05, 0) is 36.8 Å². The van der Waals surface area contributed by atoms with Gasteiger partial charge < -0.3 is 15.2 Å². The molecule has 0 saturated heterocycles. The number of phenolic OH excluding ortho intramolecular Hbond substituents is 1. The molecular formula is C24H16Cl2F3N3O4. The van der Waals surface area contributed by atoms with Crippen LogP contribution in [0.2, 0.25) is 10.0 Å². The van der Waals surface area contributed by atoms with Crippen LogP contribution in [-0.4, -0.2) is 26.9 Å². The number of carbonyl (C=O) groups excluding carboxylic acids is 1. The third kappa shape index (κ3) is 5.24. The fourth-order valence-electron chi connectivity index (χ4n) is 3.55. The van der Waals surface area contributed by atoms with Crippen molar-refractivity contribution in [1.82, 2.24) is 9.55 Å². The second-order valence-corrected chi connectivity index (χ2v) is 8.54. The van der Waals surface area contributed by atoms with Gasteiger partial charge in [0.1, 0.15) is 5.75 Å². The molecule has 0 aliphatic heterocycles. The van der Waals surface area contributed by atoms with Gasteiger partial charge >= 0.3 is 6.36 Å². The molecule has 3 aromatic carbocycles. The maximum Gasteiger partial charge on any atom is 0.573 e. The Bertz CT molecular complexity index is 1530. The third-order valence-electron chi connectivity index (χ3n) is 5.26. The predicted octanol–water partition coefficient (Wildman–Crippen LogP) is 5.92. The molecule has 0 atom stereocenters. The first kappa shape index (κ1) is 25.3. The zero-order valence-corrected chi connectivity index (χ0v) is 19.9. The lowest BCUT2D eigenvalue weighted by atomic mass is 10.1. The van der Waals surface area contributed by atoms with Gasteiger partial charge in [0.15, 0.2) is 5.75 Å². The van der Waals surface area contributed by atoms with Crippen LogP contribution in [0.4, 0.5) is 18.9 Å². The van der Waals surface area contributed by atoms with Crippen LogP contribution in [0, 0.1) is 6.92 Å². The number of ether oxygens (including phenoxy) is 1. The molecule has 2 N–H and O–H groups in total. The quantitative estimate of drug-likeness (QED) is 0.329. The summed E-state index contributed by atoms with van der Waals surface area (Å²) in [4.78, 5) is 30.6. The number of aromatic nitrogens is 2. The number of fused-ring (bicyclic) bond motifs is 1. The van der Waals surface area contributed by atoms with Gasteiger partial charge in [0.2, 0.25) is 0 Å². The van der Waals surface area contributed by atoms with Crippen LogP contribution in [-0.2, 0) is 6.54 Å². The minimum absolute atomic E-state index is 0.0293. The van der Waals surface area contributed by atoms with E-state index in [9.17, 15) is 27.9 Å². The molecule has 1 heterocycles. The van der Waals surface area contributed by atoms with Crippen molar-refractivity contribution in [3.8, 4) is 11.5 Å². The number of halogens is 5. The number of phenols is 1. The Kier molecular flexibility index (Phi) is 6.83.